The van der Waals surface area contributed by atoms with Crippen LogP contribution in [0.2, 0.25) is 0 Å². The predicted octanol–water partition coefficient (Wildman–Crippen LogP) is 3.19. The molecule has 138 valence electrons. The van der Waals surface area contributed by atoms with Crippen molar-refractivity contribution in [3.8, 4) is 0 Å². The highest BCUT2D eigenvalue weighted by Crippen LogP contribution is 2.22. The second kappa shape index (κ2) is 8.70. The lowest BCUT2D eigenvalue weighted by Gasteiger charge is -2.31. The van der Waals surface area contributed by atoms with E-state index >= 15 is 0 Å². The van der Waals surface area contributed by atoms with E-state index in [4.69, 9.17) is 4.42 Å². The number of amides is 2. The minimum atomic E-state index is 0.0832. The lowest BCUT2D eigenvalue weighted by atomic mass is 9.93. The Morgan fingerprint density at radius 1 is 1.15 bits per heavy atom. The van der Waals surface area contributed by atoms with Crippen LogP contribution in [0.25, 0.3) is 0 Å². The molecule has 1 saturated heterocycles. The number of rotatable bonds is 6. The minimum absolute atomic E-state index is 0.0832. The molecule has 1 N–H and O–H groups in total. The number of hydrogen-bond donors (Lipinski definition) is 1. The molecule has 1 aliphatic heterocycles. The maximum absolute atomic E-state index is 12.5. The Hall–Kier alpha value is -2.56. The van der Waals surface area contributed by atoms with E-state index in [1.807, 2.05) is 48.2 Å². The third-order valence-corrected chi connectivity index (χ3v) is 4.95. The first kappa shape index (κ1) is 18.2. The summed E-state index contributed by atoms with van der Waals surface area (Å²) in [5, 5.41) is 2.95. The Bertz CT molecular complexity index is 714. The average molecular weight is 354 g/mol. The van der Waals surface area contributed by atoms with E-state index < -0.39 is 0 Å². The van der Waals surface area contributed by atoms with Gasteiger partial charge in [-0.25, -0.2) is 0 Å². The van der Waals surface area contributed by atoms with Crippen LogP contribution in [0.1, 0.15) is 40.9 Å². The van der Waals surface area contributed by atoms with Crippen LogP contribution in [0, 0.1) is 12.8 Å². The Kier molecular flexibility index (Phi) is 6.10. The van der Waals surface area contributed by atoms with E-state index in [0.29, 0.717) is 25.3 Å². The van der Waals surface area contributed by atoms with Crippen LogP contribution in [0.5, 0.6) is 0 Å². The lowest BCUT2D eigenvalue weighted by molar-refractivity contribution is -0.122. The zero-order valence-corrected chi connectivity index (χ0v) is 15.2. The van der Waals surface area contributed by atoms with Crippen molar-refractivity contribution in [1.29, 1.82) is 0 Å². The summed E-state index contributed by atoms with van der Waals surface area (Å²) in [6, 6.07) is 11.5. The van der Waals surface area contributed by atoms with Gasteiger partial charge >= 0.3 is 0 Å². The number of nitrogens with zero attached hydrogens (tertiary/aromatic N) is 1. The van der Waals surface area contributed by atoms with Crippen LogP contribution < -0.4 is 5.32 Å². The van der Waals surface area contributed by atoms with Crippen LogP contribution in [0.4, 0.5) is 0 Å². The summed E-state index contributed by atoms with van der Waals surface area (Å²) in [4.78, 5) is 26.5. The number of furan rings is 1. The van der Waals surface area contributed by atoms with Gasteiger partial charge in [0.15, 0.2) is 0 Å². The highest BCUT2D eigenvalue weighted by atomic mass is 16.3. The van der Waals surface area contributed by atoms with Crippen molar-refractivity contribution in [2.24, 2.45) is 5.92 Å². The van der Waals surface area contributed by atoms with Crippen LogP contribution in [-0.4, -0.2) is 36.3 Å². The molecule has 0 atom stereocenters. The maximum Gasteiger partial charge on any atom is 0.253 e. The van der Waals surface area contributed by atoms with E-state index in [2.05, 4.69) is 5.32 Å². The van der Waals surface area contributed by atoms with Crippen molar-refractivity contribution in [1.82, 2.24) is 10.2 Å². The van der Waals surface area contributed by atoms with Crippen molar-refractivity contribution in [3.05, 3.63) is 59.5 Å². The van der Waals surface area contributed by atoms with Crippen molar-refractivity contribution in [2.75, 3.05) is 19.6 Å². The smallest absolute Gasteiger partial charge is 0.253 e. The Morgan fingerprint density at radius 2 is 1.88 bits per heavy atom. The molecule has 0 saturated carbocycles. The van der Waals surface area contributed by atoms with Gasteiger partial charge < -0.3 is 14.6 Å². The molecule has 0 radical (unpaired) electrons. The summed E-state index contributed by atoms with van der Waals surface area (Å²) in [6.45, 7) is 4.05. The van der Waals surface area contributed by atoms with Crippen molar-refractivity contribution >= 4 is 11.8 Å². The summed E-state index contributed by atoms with van der Waals surface area (Å²) < 4.78 is 5.25. The summed E-state index contributed by atoms with van der Waals surface area (Å²) in [7, 11) is 0. The fourth-order valence-corrected chi connectivity index (χ4v) is 3.33. The van der Waals surface area contributed by atoms with Crippen molar-refractivity contribution in [2.45, 2.75) is 32.6 Å². The molecule has 1 aromatic heterocycles. The third-order valence-electron chi connectivity index (χ3n) is 4.95. The molecular weight excluding hydrogens is 328 g/mol. The molecule has 2 amide bonds. The van der Waals surface area contributed by atoms with Crippen LogP contribution in [0.15, 0.2) is 47.1 Å². The molecular formula is C21H26N2O3. The Labute approximate surface area is 154 Å². The average Bonchev–Trinajstić information content (AvgIpc) is 3.16. The van der Waals surface area contributed by atoms with Gasteiger partial charge in [-0.2, -0.15) is 0 Å². The maximum atomic E-state index is 12.5. The van der Waals surface area contributed by atoms with Gasteiger partial charge in [0.25, 0.3) is 5.91 Å². The normalized spacial score (nSPS) is 15.0. The fourth-order valence-electron chi connectivity index (χ4n) is 3.33. The first-order chi connectivity index (χ1) is 12.6. The molecule has 0 aliphatic carbocycles. The van der Waals surface area contributed by atoms with Gasteiger partial charge in [0.2, 0.25) is 5.91 Å². The molecule has 5 heteroatoms. The van der Waals surface area contributed by atoms with E-state index in [1.54, 1.807) is 6.26 Å². The van der Waals surface area contributed by atoms with E-state index in [9.17, 15) is 9.59 Å². The molecule has 0 spiro atoms. The molecule has 2 aromatic rings. The molecule has 3 rings (SSSR count). The number of nitrogens with one attached hydrogen (secondary N) is 1. The Balaban J connectivity index is 1.38. The van der Waals surface area contributed by atoms with Gasteiger partial charge in [0, 0.05) is 38.0 Å². The van der Waals surface area contributed by atoms with Gasteiger partial charge in [-0.05, 0) is 49.9 Å². The first-order valence-corrected chi connectivity index (χ1v) is 9.27. The second-order valence-corrected chi connectivity index (χ2v) is 6.99. The summed E-state index contributed by atoms with van der Waals surface area (Å²) in [5.41, 5.74) is 1.89. The quantitative estimate of drug-likeness (QED) is 0.866. The standard InChI is InChI=1S/C21H26N2O3/c1-16-4-6-18(7-5-16)21(25)23-12-9-17(10-13-23)15-20(24)22-11-8-19-3-2-14-26-19/h2-7,14,17H,8-13,15H2,1H3,(H,22,24). The number of hydrogen-bond acceptors (Lipinski definition) is 3. The first-order valence-electron chi connectivity index (χ1n) is 9.27. The number of piperidine rings is 1. The van der Waals surface area contributed by atoms with Gasteiger partial charge in [-0.1, -0.05) is 17.7 Å². The molecule has 1 aliphatic rings. The fraction of sp³-hybridized carbons (Fsp3) is 0.429. The summed E-state index contributed by atoms with van der Waals surface area (Å²) >= 11 is 0. The molecule has 5 nitrogen and oxygen atoms in total. The monoisotopic (exact) mass is 354 g/mol. The number of likely N-dealkylation sites (tertiary alicyclic amines) is 1. The van der Waals surface area contributed by atoms with E-state index in [-0.39, 0.29) is 11.8 Å². The third kappa shape index (κ3) is 4.97. The predicted molar refractivity (Wildman–Crippen MR) is 99.8 cm³/mol. The number of aryl methyl sites for hydroxylation is 1. The Morgan fingerprint density at radius 3 is 2.54 bits per heavy atom. The van der Waals surface area contributed by atoms with Gasteiger partial charge in [0.1, 0.15) is 5.76 Å². The summed E-state index contributed by atoms with van der Waals surface area (Å²) in [5.74, 6) is 1.40. The van der Waals surface area contributed by atoms with Gasteiger partial charge in [-0.15, -0.1) is 0 Å². The number of carbonyl (C=O) groups excluding carboxylic acids is 2. The largest absolute Gasteiger partial charge is 0.469 e. The lowest BCUT2D eigenvalue weighted by Crippen LogP contribution is -2.39. The van der Waals surface area contributed by atoms with Crippen LogP contribution in [-0.2, 0) is 11.2 Å². The topological polar surface area (TPSA) is 62.6 Å². The molecule has 0 unspecified atom stereocenters. The van der Waals surface area contributed by atoms with Crippen LogP contribution in [0.3, 0.4) is 0 Å². The summed E-state index contributed by atoms with van der Waals surface area (Å²) in [6.07, 6.45) is 4.64. The molecule has 2 heterocycles. The van der Waals surface area contributed by atoms with E-state index in [1.165, 1.54) is 0 Å². The second-order valence-electron chi connectivity index (χ2n) is 6.99. The highest BCUT2D eigenvalue weighted by Gasteiger charge is 2.25. The van der Waals surface area contributed by atoms with E-state index in [0.717, 1.165) is 42.8 Å². The molecule has 1 fully saturated rings. The van der Waals surface area contributed by atoms with Crippen LogP contribution >= 0.6 is 0 Å². The zero-order chi connectivity index (χ0) is 18.4. The molecule has 26 heavy (non-hydrogen) atoms. The highest BCUT2D eigenvalue weighted by molar-refractivity contribution is 5.94. The SMILES string of the molecule is Cc1ccc(C(=O)N2CCC(CC(=O)NCCc3ccco3)CC2)cc1. The van der Waals surface area contributed by atoms with Gasteiger partial charge in [-0.3, -0.25) is 9.59 Å². The van der Waals surface area contributed by atoms with Gasteiger partial charge in [0.05, 0.1) is 6.26 Å². The van der Waals surface area contributed by atoms with Crippen molar-refractivity contribution < 1.29 is 14.0 Å². The number of carbonyl (C=O) groups is 2. The van der Waals surface area contributed by atoms with Crippen molar-refractivity contribution in [3.63, 3.8) is 0 Å². The zero-order valence-electron chi connectivity index (χ0n) is 15.2. The number of benzene rings is 1. The molecule has 0 bridgehead atoms. The minimum Gasteiger partial charge on any atom is -0.469 e. The molecule has 1 aromatic carbocycles.